The molecule has 0 radical (unpaired) electrons. The van der Waals surface area contributed by atoms with Crippen molar-refractivity contribution in [3.05, 3.63) is 48.3 Å². The van der Waals surface area contributed by atoms with Gasteiger partial charge in [-0.1, -0.05) is 12.1 Å². The van der Waals surface area contributed by atoms with Crippen LogP contribution in [0.4, 0.5) is 0 Å². The first-order chi connectivity index (χ1) is 7.29. The van der Waals surface area contributed by atoms with Crippen LogP contribution in [0.3, 0.4) is 0 Å². The van der Waals surface area contributed by atoms with Crippen molar-refractivity contribution in [2.75, 3.05) is 0 Å². The largest absolute Gasteiger partial charge is 0.508 e. The first kappa shape index (κ1) is 9.99. The Morgan fingerprint density at radius 3 is 2.73 bits per heavy atom. The minimum Gasteiger partial charge on any atom is -0.508 e. The van der Waals surface area contributed by atoms with Gasteiger partial charge in [-0.05, 0) is 29.3 Å². The van der Waals surface area contributed by atoms with Gasteiger partial charge >= 0.3 is 0 Å². The number of rotatable bonds is 2. The number of alkyl halides is 1. The van der Waals surface area contributed by atoms with Crippen molar-refractivity contribution < 1.29 is 5.11 Å². The van der Waals surface area contributed by atoms with Crippen molar-refractivity contribution in [2.45, 2.75) is 5.88 Å². The number of aromatic nitrogens is 1. The predicted molar refractivity (Wildman–Crippen MR) is 60.9 cm³/mol. The third-order valence-electron chi connectivity index (χ3n) is 2.13. The molecule has 3 heteroatoms. The first-order valence-corrected chi connectivity index (χ1v) is 5.12. The van der Waals surface area contributed by atoms with E-state index >= 15 is 0 Å². The highest BCUT2D eigenvalue weighted by Gasteiger charge is 2.00. The Morgan fingerprint density at radius 2 is 2.00 bits per heavy atom. The predicted octanol–water partition coefficient (Wildman–Crippen LogP) is 3.19. The summed E-state index contributed by atoms with van der Waals surface area (Å²) in [6.07, 6.45) is 3.49. The average molecular weight is 220 g/mol. The van der Waals surface area contributed by atoms with E-state index in [9.17, 15) is 5.11 Å². The fourth-order valence-electron chi connectivity index (χ4n) is 1.40. The zero-order valence-corrected chi connectivity index (χ0v) is 8.78. The maximum Gasteiger partial charge on any atom is 0.116 e. The quantitative estimate of drug-likeness (QED) is 0.787. The van der Waals surface area contributed by atoms with Crippen molar-refractivity contribution >= 4 is 11.6 Å². The number of hydrogen-bond acceptors (Lipinski definition) is 2. The molecular weight excluding hydrogens is 210 g/mol. The average Bonchev–Trinajstić information content (AvgIpc) is 2.29. The smallest absolute Gasteiger partial charge is 0.116 e. The molecule has 0 spiro atoms. The lowest BCUT2D eigenvalue weighted by Gasteiger charge is -2.03. The molecule has 0 unspecified atom stereocenters. The van der Waals surface area contributed by atoms with Crippen molar-refractivity contribution in [3.63, 3.8) is 0 Å². The summed E-state index contributed by atoms with van der Waals surface area (Å²) in [6.45, 7) is 0. The molecule has 76 valence electrons. The SMILES string of the molecule is Oc1cccc(-c2cncc(CCl)c2)c1. The fourth-order valence-corrected chi connectivity index (χ4v) is 1.55. The van der Waals surface area contributed by atoms with Gasteiger partial charge in [0.25, 0.3) is 0 Å². The lowest BCUT2D eigenvalue weighted by molar-refractivity contribution is 0.475. The van der Waals surface area contributed by atoms with E-state index in [1.165, 1.54) is 0 Å². The van der Waals surface area contributed by atoms with Crippen LogP contribution in [0.1, 0.15) is 5.56 Å². The van der Waals surface area contributed by atoms with E-state index in [2.05, 4.69) is 4.98 Å². The molecule has 1 aromatic heterocycles. The summed E-state index contributed by atoms with van der Waals surface area (Å²) >= 11 is 5.73. The molecule has 0 aliphatic rings. The summed E-state index contributed by atoms with van der Waals surface area (Å²) in [5.74, 6) is 0.698. The Bertz CT molecular complexity index is 471. The van der Waals surface area contributed by atoms with Crippen molar-refractivity contribution in [2.24, 2.45) is 0 Å². The lowest BCUT2D eigenvalue weighted by Crippen LogP contribution is -1.84. The van der Waals surface area contributed by atoms with E-state index in [4.69, 9.17) is 11.6 Å². The number of aromatic hydroxyl groups is 1. The Balaban J connectivity index is 2.44. The standard InChI is InChI=1S/C12H10ClNO/c13-6-9-4-11(8-14-7-9)10-2-1-3-12(15)5-10/h1-5,7-8,15H,6H2. The molecular formula is C12H10ClNO. The highest BCUT2D eigenvalue weighted by Crippen LogP contribution is 2.23. The monoisotopic (exact) mass is 219 g/mol. The molecule has 15 heavy (non-hydrogen) atoms. The summed E-state index contributed by atoms with van der Waals surface area (Å²) in [6, 6.07) is 9.04. The van der Waals surface area contributed by atoms with Gasteiger partial charge in [0.15, 0.2) is 0 Å². The second kappa shape index (κ2) is 4.32. The Hall–Kier alpha value is -1.54. The zero-order chi connectivity index (χ0) is 10.7. The second-order valence-electron chi connectivity index (χ2n) is 3.27. The first-order valence-electron chi connectivity index (χ1n) is 4.59. The van der Waals surface area contributed by atoms with E-state index in [0.29, 0.717) is 5.88 Å². The number of pyridine rings is 1. The molecule has 0 atom stereocenters. The van der Waals surface area contributed by atoms with Crippen LogP contribution >= 0.6 is 11.6 Å². The number of benzene rings is 1. The van der Waals surface area contributed by atoms with Gasteiger partial charge in [-0.15, -0.1) is 11.6 Å². The molecule has 2 nitrogen and oxygen atoms in total. The molecule has 1 heterocycles. The van der Waals surface area contributed by atoms with Crippen molar-refractivity contribution in [1.29, 1.82) is 0 Å². The Morgan fingerprint density at radius 1 is 1.13 bits per heavy atom. The third kappa shape index (κ3) is 2.28. The molecule has 0 aliphatic carbocycles. The number of nitrogens with zero attached hydrogens (tertiary/aromatic N) is 1. The maximum atomic E-state index is 9.35. The summed E-state index contributed by atoms with van der Waals surface area (Å²) in [5.41, 5.74) is 2.87. The molecule has 0 fully saturated rings. The minimum absolute atomic E-state index is 0.253. The van der Waals surface area contributed by atoms with Gasteiger partial charge in [0, 0.05) is 23.8 Å². The van der Waals surface area contributed by atoms with Crippen LogP contribution in [-0.2, 0) is 5.88 Å². The molecule has 2 rings (SSSR count). The van der Waals surface area contributed by atoms with Crippen LogP contribution in [0.15, 0.2) is 42.7 Å². The van der Waals surface area contributed by atoms with Gasteiger partial charge in [0.2, 0.25) is 0 Å². The summed E-state index contributed by atoms with van der Waals surface area (Å²) in [4.78, 5) is 4.10. The second-order valence-corrected chi connectivity index (χ2v) is 3.53. The number of phenolic OH excluding ortho intramolecular Hbond substituents is 1. The number of phenols is 1. The van der Waals surface area contributed by atoms with Crippen LogP contribution in [0.5, 0.6) is 5.75 Å². The summed E-state index contributed by atoms with van der Waals surface area (Å²) in [7, 11) is 0. The molecule has 1 aromatic carbocycles. The summed E-state index contributed by atoms with van der Waals surface area (Å²) < 4.78 is 0. The highest BCUT2D eigenvalue weighted by molar-refractivity contribution is 6.17. The van der Waals surface area contributed by atoms with Gasteiger partial charge in [-0.25, -0.2) is 0 Å². The fraction of sp³-hybridized carbons (Fsp3) is 0.0833. The molecule has 0 bridgehead atoms. The van der Waals surface area contributed by atoms with Crippen LogP contribution in [0.25, 0.3) is 11.1 Å². The zero-order valence-electron chi connectivity index (χ0n) is 8.02. The maximum absolute atomic E-state index is 9.35. The topological polar surface area (TPSA) is 33.1 Å². The molecule has 0 amide bonds. The van der Waals surface area contributed by atoms with Crippen LogP contribution in [-0.4, -0.2) is 10.1 Å². The van der Waals surface area contributed by atoms with Gasteiger partial charge in [-0.2, -0.15) is 0 Å². The van der Waals surface area contributed by atoms with Gasteiger partial charge in [0.1, 0.15) is 5.75 Å². The van der Waals surface area contributed by atoms with E-state index in [0.717, 1.165) is 16.7 Å². The van der Waals surface area contributed by atoms with Crippen LogP contribution < -0.4 is 0 Å². The molecule has 2 aromatic rings. The molecule has 1 N–H and O–H groups in total. The van der Waals surface area contributed by atoms with Gasteiger partial charge < -0.3 is 5.11 Å². The Labute approximate surface area is 93.2 Å². The van der Waals surface area contributed by atoms with Crippen molar-refractivity contribution in [1.82, 2.24) is 4.98 Å². The van der Waals surface area contributed by atoms with Gasteiger partial charge in [0.05, 0.1) is 0 Å². The third-order valence-corrected chi connectivity index (χ3v) is 2.44. The van der Waals surface area contributed by atoms with E-state index in [-0.39, 0.29) is 5.75 Å². The van der Waals surface area contributed by atoms with E-state index in [1.807, 2.05) is 12.1 Å². The molecule has 0 aliphatic heterocycles. The van der Waals surface area contributed by atoms with E-state index in [1.54, 1.807) is 30.6 Å². The number of hydrogen-bond donors (Lipinski definition) is 1. The van der Waals surface area contributed by atoms with Crippen molar-refractivity contribution in [3.8, 4) is 16.9 Å². The molecule has 0 saturated carbocycles. The minimum atomic E-state index is 0.253. The van der Waals surface area contributed by atoms with Crippen LogP contribution in [0.2, 0.25) is 0 Å². The Kier molecular flexibility index (Phi) is 2.88. The van der Waals surface area contributed by atoms with Gasteiger partial charge in [-0.3, -0.25) is 4.98 Å². The molecule has 0 saturated heterocycles. The normalized spacial score (nSPS) is 10.2. The van der Waals surface area contributed by atoms with E-state index < -0.39 is 0 Å². The number of halogens is 1. The highest BCUT2D eigenvalue weighted by atomic mass is 35.5. The summed E-state index contributed by atoms with van der Waals surface area (Å²) in [5, 5.41) is 9.35. The lowest BCUT2D eigenvalue weighted by atomic mass is 10.1. The van der Waals surface area contributed by atoms with Crippen LogP contribution in [0, 0.1) is 0 Å².